The first-order chi connectivity index (χ1) is 19.8. The molecule has 0 bridgehead atoms. The number of amides is 3. The fourth-order valence-corrected chi connectivity index (χ4v) is 7.13. The van der Waals surface area contributed by atoms with E-state index in [9.17, 15) is 19.5 Å². The number of halogens is 1. The Morgan fingerprint density at radius 3 is 2.37 bits per heavy atom. The Hall–Kier alpha value is -3.46. The molecule has 214 valence electrons. The molecule has 0 aliphatic carbocycles. The quantitative estimate of drug-likeness (QED) is 0.403. The Bertz CT molecular complexity index is 1400. The van der Waals surface area contributed by atoms with Crippen LogP contribution in [0.5, 0.6) is 0 Å². The molecule has 2 aromatic carbocycles. The molecule has 5 atom stereocenters. The molecular formula is C32H34ClN3O5. The number of aliphatic hydroxyl groups excluding tert-OH is 1. The van der Waals surface area contributed by atoms with Crippen molar-refractivity contribution in [1.29, 1.82) is 0 Å². The van der Waals surface area contributed by atoms with Gasteiger partial charge in [-0.3, -0.25) is 14.4 Å². The first-order valence-electron chi connectivity index (χ1n) is 14.2. The lowest BCUT2D eigenvalue weighted by Crippen LogP contribution is -2.56. The Morgan fingerprint density at radius 2 is 1.63 bits per heavy atom. The SMILES string of the molecule is C[C@]12C=CCN(Cc3ccccc3)C(=O)[C@H]1[C@H]1C(=O)N(CCCCO)C3C(=O)N(c4ccc(Cl)cc4)CC=C[C@@]31O2. The van der Waals surface area contributed by atoms with Gasteiger partial charge in [-0.1, -0.05) is 66.2 Å². The van der Waals surface area contributed by atoms with Crippen molar-refractivity contribution in [2.75, 3.05) is 31.1 Å². The van der Waals surface area contributed by atoms with Gasteiger partial charge in [0.2, 0.25) is 11.8 Å². The largest absolute Gasteiger partial charge is 0.396 e. The molecule has 2 fully saturated rings. The minimum atomic E-state index is -1.32. The zero-order valence-corrected chi connectivity index (χ0v) is 23.7. The normalized spacial score (nSPS) is 30.8. The molecular weight excluding hydrogens is 542 g/mol. The van der Waals surface area contributed by atoms with E-state index in [0.29, 0.717) is 43.2 Å². The Morgan fingerprint density at radius 1 is 0.902 bits per heavy atom. The van der Waals surface area contributed by atoms with Gasteiger partial charge in [-0.25, -0.2) is 0 Å². The molecule has 4 heterocycles. The van der Waals surface area contributed by atoms with Gasteiger partial charge < -0.3 is 24.5 Å². The van der Waals surface area contributed by atoms with E-state index in [1.807, 2.05) is 61.6 Å². The maximum absolute atomic E-state index is 14.4. The number of aliphatic hydroxyl groups is 1. The van der Waals surface area contributed by atoms with Crippen LogP contribution in [0.1, 0.15) is 25.3 Å². The third-order valence-electron chi connectivity index (χ3n) is 8.80. The van der Waals surface area contributed by atoms with Crippen LogP contribution in [0.4, 0.5) is 5.69 Å². The van der Waals surface area contributed by atoms with E-state index < -0.39 is 29.1 Å². The summed E-state index contributed by atoms with van der Waals surface area (Å²) in [7, 11) is 0. The fraction of sp³-hybridized carbons (Fsp3) is 0.406. The highest BCUT2D eigenvalue weighted by atomic mass is 35.5. The lowest BCUT2D eigenvalue weighted by atomic mass is 9.74. The smallest absolute Gasteiger partial charge is 0.253 e. The first-order valence-corrected chi connectivity index (χ1v) is 14.5. The van der Waals surface area contributed by atoms with Crippen molar-refractivity contribution in [3.63, 3.8) is 0 Å². The second-order valence-corrected chi connectivity index (χ2v) is 11.8. The molecule has 9 heteroatoms. The van der Waals surface area contributed by atoms with Crippen molar-refractivity contribution in [3.8, 4) is 0 Å². The number of likely N-dealkylation sites (tertiary alicyclic amines) is 1. The third-order valence-corrected chi connectivity index (χ3v) is 9.05. The molecule has 2 aromatic rings. The first kappa shape index (κ1) is 27.7. The summed E-state index contributed by atoms with van der Waals surface area (Å²) in [5.41, 5.74) is -0.728. The van der Waals surface area contributed by atoms with Gasteiger partial charge in [0.1, 0.15) is 11.6 Å². The standard InChI is InChI=1S/C32H34ClN3O5/c1-31-15-7-17-34(21-22-9-3-2-4-10-22)28(38)25(31)26-29(39)36(18-5-6-20-37)27-30(40)35(19-8-16-32(26,27)41-31)24-13-11-23(33)12-14-24/h2-4,7-16,25-27,37H,5-6,17-21H2,1H3/t25-,26+,27?,31+,32+/m1/s1. The number of benzene rings is 2. The number of hydrogen-bond acceptors (Lipinski definition) is 5. The van der Waals surface area contributed by atoms with Gasteiger partial charge in [0, 0.05) is 43.5 Å². The summed E-state index contributed by atoms with van der Waals surface area (Å²) >= 11 is 6.12. The highest BCUT2D eigenvalue weighted by molar-refractivity contribution is 6.30. The van der Waals surface area contributed by atoms with Gasteiger partial charge in [0.25, 0.3) is 5.91 Å². The van der Waals surface area contributed by atoms with Gasteiger partial charge in [-0.2, -0.15) is 0 Å². The van der Waals surface area contributed by atoms with Gasteiger partial charge >= 0.3 is 0 Å². The van der Waals surface area contributed by atoms with Crippen molar-refractivity contribution >= 4 is 35.0 Å². The van der Waals surface area contributed by atoms with Crippen molar-refractivity contribution in [2.24, 2.45) is 11.8 Å². The van der Waals surface area contributed by atoms with Crippen LogP contribution in [0.2, 0.25) is 5.02 Å². The number of carbonyl (C=O) groups is 3. The van der Waals surface area contributed by atoms with Crippen molar-refractivity contribution in [1.82, 2.24) is 9.80 Å². The Labute approximate surface area is 244 Å². The second kappa shape index (κ2) is 10.7. The number of rotatable bonds is 7. The number of fused-ring (bicyclic) bond motifs is 2. The molecule has 3 amide bonds. The Balaban J connectivity index is 1.41. The van der Waals surface area contributed by atoms with E-state index in [1.165, 1.54) is 0 Å². The minimum absolute atomic E-state index is 0.0130. The zero-order valence-electron chi connectivity index (χ0n) is 23.0. The van der Waals surface area contributed by atoms with Crippen LogP contribution < -0.4 is 4.90 Å². The summed E-state index contributed by atoms with van der Waals surface area (Å²) in [5, 5.41) is 9.99. The summed E-state index contributed by atoms with van der Waals surface area (Å²) in [6.45, 7) is 3.22. The number of ether oxygens (including phenoxy) is 1. The Kier molecular flexibility index (Phi) is 7.26. The fourth-order valence-electron chi connectivity index (χ4n) is 7.00. The summed E-state index contributed by atoms with van der Waals surface area (Å²) in [5.74, 6) is -2.37. The second-order valence-electron chi connectivity index (χ2n) is 11.4. The van der Waals surface area contributed by atoms with Crippen LogP contribution in [-0.2, 0) is 25.7 Å². The van der Waals surface area contributed by atoms with Crippen LogP contribution in [0.25, 0.3) is 0 Å². The predicted molar refractivity (Wildman–Crippen MR) is 155 cm³/mol. The minimum Gasteiger partial charge on any atom is -0.396 e. The van der Waals surface area contributed by atoms with Crippen LogP contribution >= 0.6 is 11.6 Å². The highest BCUT2D eigenvalue weighted by Crippen LogP contribution is 2.57. The average Bonchev–Trinajstić information content (AvgIpc) is 3.23. The molecule has 1 spiro atoms. The molecule has 0 radical (unpaired) electrons. The van der Waals surface area contributed by atoms with Gasteiger partial charge in [0.05, 0.1) is 17.4 Å². The molecule has 0 aromatic heterocycles. The van der Waals surface area contributed by atoms with Crippen LogP contribution in [0, 0.1) is 11.8 Å². The van der Waals surface area contributed by atoms with Crippen molar-refractivity contribution in [2.45, 2.75) is 43.6 Å². The average molecular weight is 576 g/mol. The molecule has 8 nitrogen and oxygen atoms in total. The zero-order chi connectivity index (χ0) is 28.8. The summed E-state index contributed by atoms with van der Waals surface area (Å²) in [6.07, 6.45) is 8.56. The number of hydrogen-bond donors (Lipinski definition) is 1. The molecule has 1 N–H and O–H groups in total. The topological polar surface area (TPSA) is 90.4 Å². The number of unbranched alkanes of at least 4 members (excludes halogenated alkanes) is 1. The molecule has 0 saturated carbocycles. The molecule has 1 unspecified atom stereocenters. The van der Waals surface area contributed by atoms with Crippen molar-refractivity contribution < 1.29 is 24.2 Å². The summed E-state index contributed by atoms with van der Waals surface area (Å²) in [6, 6.07) is 15.8. The number of carbonyl (C=O) groups excluding carboxylic acids is 3. The van der Waals surface area contributed by atoms with Crippen LogP contribution in [0.3, 0.4) is 0 Å². The van der Waals surface area contributed by atoms with E-state index in [1.54, 1.807) is 39.0 Å². The monoisotopic (exact) mass is 575 g/mol. The van der Waals surface area contributed by atoms with Gasteiger partial charge in [-0.05, 0) is 49.6 Å². The molecule has 6 rings (SSSR count). The van der Waals surface area contributed by atoms with Gasteiger partial charge in [-0.15, -0.1) is 0 Å². The lowest BCUT2D eigenvalue weighted by Gasteiger charge is -2.37. The van der Waals surface area contributed by atoms with E-state index in [-0.39, 0.29) is 30.9 Å². The highest BCUT2D eigenvalue weighted by Gasteiger charge is 2.74. The molecule has 2 saturated heterocycles. The maximum Gasteiger partial charge on any atom is 0.253 e. The number of nitrogens with zero attached hydrogens (tertiary/aromatic N) is 3. The predicted octanol–water partition coefficient (Wildman–Crippen LogP) is 3.58. The summed E-state index contributed by atoms with van der Waals surface area (Å²) < 4.78 is 6.88. The van der Waals surface area contributed by atoms with E-state index in [2.05, 4.69) is 0 Å². The van der Waals surface area contributed by atoms with E-state index in [4.69, 9.17) is 16.3 Å². The van der Waals surface area contributed by atoms with Crippen LogP contribution in [-0.4, -0.2) is 76.1 Å². The maximum atomic E-state index is 14.4. The van der Waals surface area contributed by atoms with Crippen LogP contribution in [0.15, 0.2) is 78.9 Å². The molecule has 4 aliphatic heterocycles. The summed E-state index contributed by atoms with van der Waals surface area (Å²) in [4.78, 5) is 48.1. The van der Waals surface area contributed by atoms with E-state index >= 15 is 0 Å². The third kappa shape index (κ3) is 4.58. The number of anilines is 1. The molecule has 41 heavy (non-hydrogen) atoms. The van der Waals surface area contributed by atoms with Crippen molar-refractivity contribution in [3.05, 3.63) is 89.5 Å². The van der Waals surface area contributed by atoms with E-state index in [0.717, 1.165) is 5.56 Å². The van der Waals surface area contributed by atoms with Gasteiger partial charge in [0.15, 0.2) is 0 Å². The lowest BCUT2D eigenvalue weighted by molar-refractivity contribution is -0.148. The molecule has 4 aliphatic rings.